The Balaban J connectivity index is 3.26. The highest BCUT2D eigenvalue weighted by Gasteiger charge is 2.14. The summed E-state index contributed by atoms with van der Waals surface area (Å²) in [5.74, 6) is -0.905. The molecule has 3 nitrogen and oxygen atoms in total. The van der Waals surface area contributed by atoms with Crippen LogP contribution >= 0.6 is 11.6 Å². The average Bonchev–Trinajstić information content (AvgIpc) is 2.03. The Bertz CT molecular complexity index is 336. The minimum absolute atomic E-state index is 0.0828. The quantitative estimate of drug-likeness (QED) is 0.797. The predicted molar refractivity (Wildman–Crippen MR) is 50.3 cm³/mol. The van der Waals surface area contributed by atoms with Gasteiger partial charge < -0.3 is 5.11 Å². The molecule has 0 aliphatic rings. The summed E-state index contributed by atoms with van der Waals surface area (Å²) in [7, 11) is 0. The van der Waals surface area contributed by atoms with Gasteiger partial charge >= 0.3 is 5.97 Å². The van der Waals surface area contributed by atoms with E-state index in [1.807, 2.05) is 13.8 Å². The van der Waals surface area contributed by atoms with Crippen molar-refractivity contribution in [3.8, 4) is 0 Å². The van der Waals surface area contributed by atoms with Gasteiger partial charge in [0.1, 0.15) is 0 Å². The van der Waals surface area contributed by atoms with Crippen molar-refractivity contribution in [3.05, 3.63) is 28.5 Å². The Morgan fingerprint density at radius 2 is 2.23 bits per heavy atom. The van der Waals surface area contributed by atoms with Crippen LogP contribution in [0.4, 0.5) is 0 Å². The molecule has 0 aliphatic carbocycles. The fourth-order valence-corrected chi connectivity index (χ4v) is 1.24. The van der Waals surface area contributed by atoms with Gasteiger partial charge in [-0.15, -0.1) is 0 Å². The molecular weight excluding hydrogens is 190 g/mol. The second-order valence-corrected chi connectivity index (χ2v) is 3.49. The van der Waals surface area contributed by atoms with Gasteiger partial charge in [-0.25, -0.2) is 9.78 Å². The molecule has 0 atom stereocenters. The molecular formula is C9H10ClNO2. The van der Waals surface area contributed by atoms with E-state index in [-0.39, 0.29) is 11.6 Å². The van der Waals surface area contributed by atoms with Gasteiger partial charge in [-0.1, -0.05) is 25.4 Å². The van der Waals surface area contributed by atoms with E-state index in [9.17, 15) is 4.79 Å². The van der Waals surface area contributed by atoms with Crippen LogP contribution in [0.3, 0.4) is 0 Å². The number of rotatable bonds is 2. The molecule has 0 fully saturated rings. The number of carbonyl (C=O) groups is 1. The van der Waals surface area contributed by atoms with E-state index in [1.54, 1.807) is 6.07 Å². The number of hydrogen-bond donors (Lipinski definition) is 1. The Labute approximate surface area is 81.4 Å². The summed E-state index contributed by atoms with van der Waals surface area (Å²) in [6.07, 6.45) is 1.34. The largest absolute Gasteiger partial charge is 0.477 e. The van der Waals surface area contributed by atoms with Crippen LogP contribution in [0.15, 0.2) is 12.3 Å². The average molecular weight is 200 g/mol. The summed E-state index contributed by atoms with van der Waals surface area (Å²) in [4.78, 5) is 14.5. The van der Waals surface area contributed by atoms with Gasteiger partial charge in [-0.2, -0.15) is 0 Å². The lowest BCUT2D eigenvalue weighted by Gasteiger charge is -2.08. The van der Waals surface area contributed by atoms with E-state index < -0.39 is 5.97 Å². The molecule has 0 bridgehead atoms. The van der Waals surface area contributed by atoms with E-state index in [1.165, 1.54) is 6.20 Å². The van der Waals surface area contributed by atoms with Crippen molar-refractivity contribution in [1.82, 2.24) is 4.98 Å². The number of aromatic carboxylic acids is 1. The summed E-state index contributed by atoms with van der Waals surface area (Å²) in [5.41, 5.74) is 0.749. The van der Waals surface area contributed by atoms with Crippen LogP contribution in [0, 0.1) is 0 Å². The van der Waals surface area contributed by atoms with Crippen molar-refractivity contribution in [2.75, 3.05) is 0 Å². The highest BCUT2D eigenvalue weighted by Crippen LogP contribution is 2.21. The van der Waals surface area contributed by atoms with Gasteiger partial charge in [0, 0.05) is 6.20 Å². The normalized spacial score (nSPS) is 10.5. The summed E-state index contributed by atoms with van der Waals surface area (Å²) in [6.45, 7) is 3.81. The topological polar surface area (TPSA) is 50.2 Å². The number of hydrogen-bond acceptors (Lipinski definition) is 2. The first-order valence-corrected chi connectivity index (χ1v) is 4.29. The first kappa shape index (κ1) is 9.99. The molecule has 1 aromatic heterocycles. The van der Waals surface area contributed by atoms with Crippen LogP contribution in [-0.4, -0.2) is 16.1 Å². The van der Waals surface area contributed by atoms with Crippen molar-refractivity contribution in [1.29, 1.82) is 0 Å². The molecule has 1 rings (SSSR count). The molecule has 70 valence electrons. The molecule has 0 saturated heterocycles. The maximum absolute atomic E-state index is 10.7. The number of carboxylic acids is 1. The predicted octanol–water partition coefficient (Wildman–Crippen LogP) is 2.56. The van der Waals surface area contributed by atoms with Crippen LogP contribution in [-0.2, 0) is 0 Å². The van der Waals surface area contributed by atoms with E-state index in [0.29, 0.717) is 10.6 Å². The number of halogens is 1. The second kappa shape index (κ2) is 3.75. The zero-order valence-corrected chi connectivity index (χ0v) is 8.17. The molecule has 0 aliphatic heterocycles. The number of aromatic nitrogens is 1. The summed E-state index contributed by atoms with van der Waals surface area (Å²) in [6, 6.07) is 1.64. The minimum atomic E-state index is -1.01. The van der Waals surface area contributed by atoms with Crippen LogP contribution in [0.25, 0.3) is 0 Å². The SMILES string of the molecule is CC(C)c1cc(Cl)cnc1C(=O)O. The molecule has 0 aromatic carbocycles. The fourth-order valence-electron chi connectivity index (χ4n) is 1.07. The second-order valence-electron chi connectivity index (χ2n) is 3.05. The molecule has 0 saturated carbocycles. The monoisotopic (exact) mass is 199 g/mol. The van der Waals surface area contributed by atoms with Gasteiger partial charge in [0.25, 0.3) is 0 Å². The van der Waals surface area contributed by atoms with Crippen LogP contribution in [0.1, 0.15) is 35.8 Å². The molecule has 13 heavy (non-hydrogen) atoms. The van der Waals surface area contributed by atoms with Crippen LogP contribution < -0.4 is 0 Å². The molecule has 0 unspecified atom stereocenters. The van der Waals surface area contributed by atoms with Crippen molar-refractivity contribution >= 4 is 17.6 Å². The lowest BCUT2D eigenvalue weighted by atomic mass is 10.0. The van der Waals surface area contributed by atoms with E-state index in [4.69, 9.17) is 16.7 Å². The zero-order valence-electron chi connectivity index (χ0n) is 7.41. The molecule has 4 heteroatoms. The summed E-state index contributed by atoms with van der Waals surface area (Å²) in [5, 5.41) is 9.27. The Kier molecular flexibility index (Phi) is 2.88. The minimum Gasteiger partial charge on any atom is -0.477 e. The number of nitrogens with zero attached hydrogens (tertiary/aromatic N) is 1. The Morgan fingerprint density at radius 3 is 2.69 bits per heavy atom. The van der Waals surface area contributed by atoms with Crippen molar-refractivity contribution in [3.63, 3.8) is 0 Å². The standard InChI is InChI=1S/C9H10ClNO2/c1-5(2)7-3-6(10)4-11-8(7)9(12)13/h3-5H,1-2H3,(H,12,13). The van der Waals surface area contributed by atoms with Gasteiger partial charge in [-0.3, -0.25) is 0 Å². The first-order chi connectivity index (χ1) is 6.02. The summed E-state index contributed by atoms with van der Waals surface area (Å²) < 4.78 is 0. The van der Waals surface area contributed by atoms with Crippen molar-refractivity contribution < 1.29 is 9.90 Å². The maximum atomic E-state index is 10.7. The highest BCUT2D eigenvalue weighted by atomic mass is 35.5. The zero-order chi connectivity index (χ0) is 10.0. The smallest absolute Gasteiger partial charge is 0.354 e. The lowest BCUT2D eigenvalue weighted by Crippen LogP contribution is -2.06. The van der Waals surface area contributed by atoms with Crippen molar-refractivity contribution in [2.24, 2.45) is 0 Å². The van der Waals surface area contributed by atoms with Crippen molar-refractivity contribution in [2.45, 2.75) is 19.8 Å². The lowest BCUT2D eigenvalue weighted by molar-refractivity contribution is 0.0688. The van der Waals surface area contributed by atoms with E-state index >= 15 is 0 Å². The fraction of sp³-hybridized carbons (Fsp3) is 0.333. The highest BCUT2D eigenvalue weighted by molar-refractivity contribution is 6.30. The molecule has 0 amide bonds. The van der Waals surface area contributed by atoms with E-state index in [2.05, 4.69) is 4.98 Å². The Morgan fingerprint density at radius 1 is 1.62 bits per heavy atom. The number of pyridine rings is 1. The molecule has 1 N–H and O–H groups in total. The molecule has 1 aromatic rings. The van der Waals surface area contributed by atoms with Crippen LogP contribution in [0.2, 0.25) is 5.02 Å². The molecule has 0 spiro atoms. The molecule has 1 heterocycles. The number of carboxylic acid groups (broad SMARTS) is 1. The van der Waals surface area contributed by atoms with Gasteiger partial charge in [0.05, 0.1) is 5.02 Å². The first-order valence-electron chi connectivity index (χ1n) is 3.91. The summed E-state index contributed by atoms with van der Waals surface area (Å²) >= 11 is 5.71. The third-order valence-corrected chi connectivity index (χ3v) is 1.92. The third-order valence-electron chi connectivity index (χ3n) is 1.71. The third kappa shape index (κ3) is 2.18. The Hall–Kier alpha value is -1.09. The maximum Gasteiger partial charge on any atom is 0.354 e. The van der Waals surface area contributed by atoms with Gasteiger partial charge in [0.2, 0.25) is 0 Å². The van der Waals surface area contributed by atoms with E-state index in [0.717, 1.165) is 0 Å². The van der Waals surface area contributed by atoms with Gasteiger partial charge in [0.15, 0.2) is 5.69 Å². The molecule has 0 radical (unpaired) electrons. The van der Waals surface area contributed by atoms with Crippen LogP contribution in [0.5, 0.6) is 0 Å². The van der Waals surface area contributed by atoms with Gasteiger partial charge in [-0.05, 0) is 17.5 Å².